The molecular weight excluding hydrogens is 472 g/mol. The number of aromatic nitrogens is 6. The number of nitrogens with zero attached hydrogens (tertiary/aromatic N) is 5. The summed E-state index contributed by atoms with van der Waals surface area (Å²) in [5.74, 6) is 1.54. The number of anilines is 1. The van der Waals surface area contributed by atoms with Crippen LogP contribution in [-0.2, 0) is 6.42 Å². The monoisotopic (exact) mass is 502 g/mol. The van der Waals surface area contributed by atoms with Crippen molar-refractivity contribution < 1.29 is 0 Å². The highest BCUT2D eigenvalue weighted by molar-refractivity contribution is 6.13. The van der Waals surface area contributed by atoms with Crippen LogP contribution in [0.4, 0.5) is 5.82 Å². The average molecular weight is 503 g/mol. The molecule has 0 saturated carbocycles. The second-order valence-corrected chi connectivity index (χ2v) is 9.35. The summed E-state index contributed by atoms with van der Waals surface area (Å²) in [7, 11) is 0. The van der Waals surface area contributed by atoms with Gasteiger partial charge in [-0.3, -0.25) is 0 Å². The van der Waals surface area contributed by atoms with Crippen LogP contribution < -0.4 is 5.32 Å². The number of hydrogen-bond donors (Lipinski definition) is 3. The van der Waals surface area contributed by atoms with Crippen LogP contribution in [0.3, 0.4) is 0 Å². The molecule has 0 bridgehead atoms. The standard InChI is InChI=1S/C27H30N8.ClH/c1-3-8-19(9-4-1)16-21-18-24-25(27(29-21)28-12-7-15-35-13-5-2-6-14-35)22-11-10-20(17-23(22)30-24)26-31-33-34-32-26;/h1,3-4,8-11,17-18,30H,2,5-7,12-16H2,(H,28,29)(H,31,32,33,34);1H. The lowest BCUT2D eigenvalue weighted by molar-refractivity contribution is 0.228. The molecule has 9 heteroatoms. The molecule has 8 nitrogen and oxygen atoms in total. The molecule has 1 aliphatic heterocycles. The minimum absolute atomic E-state index is 0. The van der Waals surface area contributed by atoms with Crippen molar-refractivity contribution in [2.45, 2.75) is 32.1 Å². The zero-order valence-corrected chi connectivity index (χ0v) is 21.0. The van der Waals surface area contributed by atoms with Gasteiger partial charge in [-0.2, -0.15) is 5.21 Å². The topological polar surface area (TPSA) is 98.4 Å². The number of tetrazole rings is 1. The molecule has 0 amide bonds. The number of likely N-dealkylation sites (tertiary alicyclic amines) is 1. The first kappa shape index (κ1) is 24.2. The molecule has 3 N–H and O–H groups in total. The third-order valence-corrected chi connectivity index (χ3v) is 6.85. The SMILES string of the molecule is Cl.c1ccc(Cc2cc3[nH]c4cc(-c5nn[nH]n5)ccc4c3c(NCCCN3CCCCC3)n2)cc1. The second kappa shape index (κ2) is 11.1. The lowest BCUT2D eigenvalue weighted by atomic mass is 10.1. The molecule has 0 atom stereocenters. The predicted octanol–water partition coefficient (Wildman–Crippen LogP) is 5.20. The van der Waals surface area contributed by atoms with Crippen LogP contribution in [0.2, 0.25) is 0 Å². The number of H-pyrrole nitrogens is 2. The van der Waals surface area contributed by atoms with E-state index in [2.05, 4.69) is 84.4 Å². The number of pyridine rings is 1. The summed E-state index contributed by atoms with van der Waals surface area (Å²) < 4.78 is 0. The molecule has 3 aromatic heterocycles. The molecule has 4 heterocycles. The van der Waals surface area contributed by atoms with Crippen LogP contribution >= 0.6 is 12.4 Å². The van der Waals surface area contributed by atoms with Gasteiger partial charge < -0.3 is 15.2 Å². The van der Waals surface area contributed by atoms with Crippen molar-refractivity contribution in [2.75, 3.05) is 31.5 Å². The number of halogens is 1. The van der Waals surface area contributed by atoms with Crippen LogP contribution in [0.1, 0.15) is 36.9 Å². The minimum atomic E-state index is 0. The smallest absolute Gasteiger partial charge is 0.204 e. The fraction of sp³-hybridized carbons (Fsp3) is 0.333. The van der Waals surface area contributed by atoms with Gasteiger partial charge in [-0.05, 0) is 61.8 Å². The Hall–Kier alpha value is -3.49. The maximum atomic E-state index is 5.09. The Morgan fingerprint density at radius 1 is 0.944 bits per heavy atom. The van der Waals surface area contributed by atoms with E-state index in [9.17, 15) is 0 Å². The van der Waals surface area contributed by atoms with E-state index in [1.165, 1.54) is 37.9 Å². The fourth-order valence-corrected chi connectivity index (χ4v) is 5.12. The lowest BCUT2D eigenvalue weighted by Gasteiger charge is -2.26. The van der Waals surface area contributed by atoms with Gasteiger partial charge in [0, 0.05) is 40.5 Å². The molecular formula is C27H31ClN8. The fourth-order valence-electron chi connectivity index (χ4n) is 5.12. The number of hydrogen-bond acceptors (Lipinski definition) is 6. The highest BCUT2D eigenvalue weighted by atomic mass is 35.5. The van der Waals surface area contributed by atoms with Crippen molar-refractivity contribution in [1.82, 2.24) is 35.5 Å². The van der Waals surface area contributed by atoms with Gasteiger partial charge in [-0.1, -0.05) is 48.9 Å². The first-order valence-electron chi connectivity index (χ1n) is 12.5. The highest BCUT2D eigenvalue weighted by Gasteiger charge is 2.15. The van der Waals surface area contributed by atoms with Crippen molar-refractivity contribution >= 4 is 40.0 Å². The van der Waals surface area contributed by atoms with Gasteiger partial charge in [0.25, 0.3) is 0 Å². The van der Waals surface area contributed by atoms with E-state index >= 15 is 0 Å². The summed E-state index contributed by atoms with van der Waals surface area (Å²) in [5.41, 5.74) is 5.35. The van der Waals surface area contributed by atoms with E-state index in [0.29, 0.717) is 5.82 Å². The lowest BCUT2D eigenvalue weighted by Crippen LogP contribution is -2.31. The summed E-state index contributed by atoms with van der Waals surface area (Å²) in [4.78, 5) is 11.3. The zero-order chi connectivity index (χ0) is 23.5. The van der Waals surface area contributed by atoms with E-state index < -0.39 is 0 Å². The molecule has 1 fully saturated rings. The molecule has 5 aromatic rings. The first-order chi connectivity index (χ1) is 17.3. The number of benzene rings is 2. The van der Waals surface area contributed by atoms with Crippen LogP contribution in [-0.4, -0.2) is 61.7 Å². The van der Waals surface area contributed by atoms with Crippen molar-refractivity contribution in [3.63, 3.8) is 0 Å². The van der Waals surface area contributed by atoms with Gasteiger partial charge in [0.05, 0.1) is 5.52 Å². The molecule has 0 unspecified atom stereocenters. The summed E-state index contributed by atoms with van der Waals surface area (Å²) in [6.07, 6.45) is 5.94. The number of rotatable bonds is 8. The molecule has 0 spiro atoms. The summed E-state index contributed by atoms with van der Waals surface area (Å²) in [6.45, 7) is 4.52. The predicted molar refractivity (Wildman–Crippen MR) is 147 cm³/mol. The molecule has 36 heavy (non-hydrogen) atoms. The van der Waals surface area contributed by atoms with Crippen molar-refractivity contribution in [3.05, 3.63) is 65.9 Å². The Morgan fingerprint density at radius 2 is 1.81 bits per heavy atom. The molecule has 0 radical (unpaired) electrons. The van der Waals surface area contributed by atoms with Crippen molar-refractivity contribution in [1.29, 1.82) is 0 Å². The zero-order valence-electron chi connectivity index (χ0n) is 20.2. The van der Waals surface area contributed by atoms with Crippen molar-refractivity contribution in [2.24, 2.45) is 0 Å². The van der Waals surface area contributed by atoms with Gasteiger partial charge in [-0.25, -0.2) is 4.98 Å². The number of piperidine rings is 1. The normalized spacial score (nSPS) is 14.2. The van der Waals surface area contributed by atoms with Gasteiger partial charge in [0.15, 0.2) is 0 Å². The Balaban J connectivity index is 0.00000267. The Kier molecular flexibility index (Phi) is 7.44. The largest absolute Gasteiger partial charge is 0.369 e. The van der Waals surface area contributed by atoms with E-state index in [1.807, 2.05) is 6.07 Å². The molecule has 0 aliphatic carbocycles. The second-order valence-electron chi connectivity index (χ2n) is 9.35. The summed E-state index contributed by atoms with van der Waals surface area (Å²) in [6, 6.07) is 18.9. The Bertz CT molecular complexity index is 1410. The van der Waals surface area contributed by atoms with E-state index in [-0.39, 0.29) is 12.4 Å². The first-order valence-corrected chi connectivity index (χ1v) is 12.5. The highest BCUT2D eigenvalue weighted by Crippen LogP contribution is 2.33. The van der Waals surface area contributed by atoms with E-state index in [4.69, 9.17) is 4.98 Å². The van der Waals surface area contributed by atoms with E-state index in [0.717, 1.165) is 64.8 Å². The maximum Gasteiger partial charge on any atom is 0.204 e. The van der Waals surface area contributed by atoms with Crippen LogP contribution in [0.25, 0.3) is 33.2 Å². The maximum absolute atomic E-state index is 5.09. The minimum Gasteiger partial charge on any atom is -0.369 e. The van der Waals surface area contributed by atoms with Gasteiger partial charge in [0.1, 0.15) is 5.82 Å². The molecule has 1 saturated heterocycles. The van der Waals surface area contributed by atoms with E-state index in [1.54, 1.807) is 0 Å². The van der Waals surface area contributed by atoms with Crippen LogP contribution in [0.5, 0.6) is 0 Å². The molecule has 6 rings (SSSR count). The number of nitrogens with one attached hydrogen (secondary N) is 3. The van der Waals surface area contributed by atoms with Crippen LogP contribution in [0, 0.1) is 0 Å². The average Bonchev–Trinajstić information content (AvgIpc) is 3.55. The van der Waals surface area contributed by atoms with Gasteiger partial charge in [0.2, 0.25) is 5.82 Å². The van der Waals surface area contributed by atoms with Gasteiger partial charge in [-0.15, -0.1) is 22.6 Å². The molecule has 1 aliphatic rings. The van der Waals surface area contributed by atoms with Gasteiger partial charge >= 0.3 is 0 Å². The Morgan fingerprint density at radius 3 is 2.61 bits per heavy atom. The molecule has 2 aromatic carbocycles. The number of aromatic amines is 2. The quantitative estimate of drug-likeness (QED) is 0.252. The number of fused-ring (bicyclic) bond motifs is 3. The Labute approximate surface area is 216 Å². The molecule has 186 valence electrons. The third kappa shape index (κ3) is 5.20. The summed E-state index contributed by atoms with van der Waals surface area (Å²) in [5, 5.41) is 20.4. The van der Waals surface area contributed by atoms with Crippen LogP contribution in [0.15, 0.2) is 54.6 Å². The summed E-state index contributed by atoms with van der Waals surface area (Å²) >= 11 is 0. The van der Waals surface area contributed by atoms with Crippen molar-refractivity contribution in [3.8, 4) is 11.4 Å². The third-order valence-electron chi connectivity index (χ3n) is 6.85.